The molecule has 166 valence electrons. The molecule has 1 aliphatic rings. The van der Waals surface area contributed by atoms with Gasteiger partial charge in [0.15, 0.2) is 0 Å². The van der Waals surface area contributed by atoms with Gasteiger partial charge in [-0.05, 0) is 54.8 Å². The van der Waals surface area contributed by atoms with Crippen LogP contribution in [0.25, 0.3) is 11.3 Å². The highest BCUT2D eigenvalue weighted by Gasteiger charge is 2.36. The van der Waals surface area contributed by atoms with Crippen LogP contribution in [0, 0.1) is 0 Å². The number of aliphatic imine (C=N–C) groups is 1. The van der Waals surface area contributed by atoms with Gasteiger partial charge in [-0.3, -0.25) is 4.99 Å². The lowest BCUT2D eigenvalue weighted by atomic mass is 9.86. The summed E-state index contributed by atoms with van der Waals surface area (Å²) in [6.45, 7) is 2.60. The Morgan fingerprint density at radius 2 is 2.03 bits per heavy atom. The average molecular weight is 468 g/mol. The fourth-order valence-corrected chi connectivity index (χ4v) is 4.72. The second-order valence-electron chi connectivity index (χ2n) is 7.84. The Hall–Kier alpha value is -2.54. The van der Waals surface area contributed by atoms with Crippen molar-refractivity contribution in [3.63, 3.8) is 0 Å². The van der Waals surface area contributed by atoms with Gasteiger partial charge in [0.2, 0.25) is 0 Å². The molecule has 0 radical (unpaired) electrons. The molecule has 0 amide bonds. The first-order valence-corrected chi connectivity index (χ1v) is 12.0. The van der Waals surface area contributed by atoms with E-state index in [1.54, 1.807) is 29.8 Å². The minimum Gasteiger partial charge on any atom is -0.493 e. The van der Waals surface area contributed by atoms with Crippen LogP contribution in [0.15, 0.2) is 65.1 Å². The minimum absolute atomic E-state index is 0.437. The van der Waals surface area contributed by atoms with Gasteiger partial charge in [-0.2, -0.15) is 0 Å². The number of benzene rings is 1. The molecule has 2 atom stereocenters. The monoisotopic (exact) mass is 467 g/mol. The molecule has 1 aliphatic heterocycles. The lowest BCUT2D eigenvalue weighted by Gasteiger charge is -2.30. The predicted molar refractivity (Wildman–Crippen MR) is 131 cm³/mol. The van der Waals surface area contributed by atoms with Crippen LogP contribution >= 0.6 is 22.9 Å². The van der Waals surface area contributed by atoms with Crippen molar-refractivity contribution in [2.45, 2.75) is 44.2 Å². The third-order valence-corrected chi connectivity index (χ3v) is 6.65. The molecule has 3 heterocycles. The molecule has 5 nitrogen and oxygen atoms in total. The number of hydrogen-bond donors (Lipinski definition) is 1. The number of aliphatic hydroxyl groups is 1. The number of aliphatic hydroxyl groups excluding tert-OH is 1. The number of nitrogens with zero attached hydrogens (tertiary/aromatic N) is 3. The molecule has 0 bridgehead atoms. The van der Waals surface area contributed by atoms with Crippen LogP contribution in [0.5, 0.6) is 5.75 Å². The maximum Gasteiger partial charge on any atom is 0.129 e. The number of rotatable bonds is 10. The van der Waals surface area contributed by atoms with Crippen LogP contribution in [-0.4, -0.2) is 39.5 Å². The normalized spacial score (nSPS) is 18.2. The fourth-order valence-electron chi connectivity index (χ4n) is 3.70. The van der Waals surface area contributed by atoms with E-state index < -0.39 is 11.6 Å². The van der Waals surface area contributed by atoms with E-state index in [1.807, 2.05) is 42.5 Å². The van der Waals surface area contributed by atoms with Gasteiger partial charge in [0.1, 0.15) is 16.4 Å². The van der Waals surface area contributed by atoms with Crippen molar-refractivity contribution in [3.05, 3.63) is 75.9 Å². The van der Waals surface area contributed by atoms with E-state index in [4.69, 9.17) is 21.3 Å². The Balaban J connectivity index is 1.34. The van der Waals surface area contributed by atoms with Crippen molar-refractivity contribution in [2.75, 3.05) is 6.61 Å². The molecule has 2 aromatic heterocycles. The number of aromatic nitrogens is 2. The number of allylic oxidation sites excluding steroid dienone is 1. The second kappa shape index (κ2) is 10.4. The molecule has 7 heteroatoms. The summed E-state index contributed by atoms with van der Waals surface area (Å²) in [6, 6.07) is 11.6. The zero-order valence-corrected chi connectivity index (χ0v) is 19.5. The predicted octanol–water partition coefficient (Wildman–Crippen LogP) is 5.56. The van der Waals surface area contributed by atoms with Crippen LogP contribution < -0.4 is 4.74 Å². The molecule has 0 saturated carbocycles. The Morgan fingerprint density at radius 1 is 1.19 bits per heavy atom. The summed E-state index contributed by atoms with van der Waals surface area (Å²) in [5.41, 5.74) is 2.31. The second-order valence-corrected chi connectivity index (χ2v) is 9.17. The molecular formula is C25H26ClN3O2S. The zero-order chi connectivity index (χ0) is 22.4. The number of halogens is 1. The third kappa shape index (κ3) is 5.44. The summed E-state index contributed by atoms with van der Waals surface area (Å²) < 4.78 is 5.98. The third-order valence-electron chi connectivity index (χ3n) is 5.52. The Morgan fingerprint density at radius 3 is 2.72 bits per heavy atom. The Labute approximate surface area is 197 Å². The van der Waals surface area contributed by atoms with Crippen molar-refractivity contribution >= 4 is 29.2 Å². The van der Waals surface area contributed by atoms with Crippen molar-refractivity contribution in [2.24, 2.45) is 4.99 Å². The van der Waals surface area contributed by atoms with E-state index in [1.165, 1.54) is 5.01 Å². The van der Waals surface area contributed by atoms with Gasteiger partial charge in [0.25, 0.3) is 0 Å². The van der Waals surface area contributed by atoms with Gasteiger partial charge in [-0.1, -0.05) is 30.7 Å². The van der Waals surface area contributed by atoms with Crippen molar-refractivity contribution in [3.8, 4) is 17.0 Å². The highest BCUT2D eigenvalue weighted by Crippen LogP contribution is 2.29. The van der Waals surface area contributed by atoms with E-state index >= 15 is 0 Å². The Bertz CT molecular complexity index is 1070. The lowest BCUT2D eigenvalue weighted by Crippen LogP contribution is -2.40. The molecule has 3 aromatic rings. The summed E-state index contributed by atoms with van der Waals surface area (Å²) in [6.07, 6.45) is 9.68. The van der Waals surface area contributed by atoms with E-state index in [0.717, 1.165) is 35.4 Å². The Kier molecular flexibility index (Phi) is 7.35. The number of aryl methyl sites for hydroxylation is 1. The molecule has 0 saturated heterocycles. The smallest absolute Gasteiger partial charge is 0.129 e. The SMILES string of the molecule is CCCc1nc(-c2ccc(OCCC3(C(O)Cc4ccc(Cl)nc4)C=CC=N3)cc2)cs1. The summed E-state index contributed by atoms with van der Waals surface area (Å²) in [5, 5.41) is 14.6. The van der Waals surface area contributed by atoms with E-state index in [2.05, 4.69) is 22.3 Å². The van der Waals surface area contributed by atoms with Crippen LogP contribution in [-0.2, 0) is 12.8 Å². The quantitative estimate of drug-likeness (QED) is 0.396. The van der Waals surface area contributed by atoms with Crippen molar-refractivity contribution < 1.29 is 9.84 Å². The van der Waals surface area contributed by atoms with Gasteiger partial charge in [-0.25, -0.2) is 9.97 Å². The highest BCUT2D eigenvalue weighted by atomic mass is 35.5. The lowest BCUT2D eigenvalue weighted by molar-refractivity contribution is 0.0970. The van der Waals surface area contributed by atoms with Gasteiger partial charge in [0.05, 0.1) is 23.4 Å². The van der Waals surface area contributed by atoms with Crippen LogP contribution in [0.4, 0.5) is 0 Å². The van der Waals surface area contributed by atoms with Crippen LogP contribution in [0.2, 0.25) is 5.15 Å². The van der Waals surface area contributed by atoms with Crippen LogP contribution in [0.1, 0.15) is 30.3 Å². The van der Waals surface area contributed by atoms with Crippen molar-refractivity contribution in [1.29, 1.82) is 0 Å². The number of thiazole rings is 1. The standard InChI is InChI=1S/C25H26ClN3O2S/c1-2-4-24-29-21(17-32-24)19-6-8-20(9-7-19)31-14-12-25(11-3-13-28-25)22(30)15-18-5-10-23(26)27-16-18/h3,5-11,13,16-17,22,30H,2,4,12,14-15H2,1H3. The summed E-state index contributed by atoms with van der Waals surface area (Å²) in [7, 11) is 0. The molecule has 0 aliphatic carbocycles. The van der Waals surface area contributed by atoms with E-state index in [9.17, 15) is 5.11 Å². The first kappa shape index (κ1) is 22.6. The summed E-state index contributed by atoms with van der Waals surface area (Å²) in [5.74, 6) is 0.787. The van der Waals surface area contributed by atoms with E-state index in [0.29, 0.717) is 24.6 Å². The molecular weight excluding hydrogens is 442 g/mol. The largest absolute Gasteiger partial charge is 0.493 e. The summed E-state index contributed by atoms with van der Waals surface area (Å²) in [4.78, 5) is 13.4. The molecule has 2 unspecified atom stereocenters. The molecule has 0 spiro atoms. The molecule has 1 N–H and O–H groups in total. The number of ether oxygens (including phenoxy) is 1. The molecule has 1 aromatic carbocycles. The first-order valence-electron chi connectivity index (χ1n) is 10.8. The minimum atomic E-state index is -0.699. The maximum absolute atomic E-state index is 10.9. The topological polar surface area (TPSA) is 67.6 Å². The zero-order valence-electron chi connectivity index (χ0n) is 17.9. The van der Waals surface area contributed by atoms with Gasteiger partial charge < -0.3 is 9.84 Å². The van der Waals surface area contributed by atoms with Gasteiger partial charge >= 0.3 is 0 Å². The fraction of sp³-hybridized carbons (Fsp3) is 0.320. The summed E-state index contributed by atoms with van der Waals surface area (Å²) >= 11 is 7.57. The number of hydrogen-bond acceptors (Lipinski definition) is 6. The maximum atomic E-state index is 10.9. The molecule has 4 rings (SSSR count). The van der Waals surface area contributed by atoms with Gasteiger partial charge in [-0.15, -0.1) is 11.3 Å². The molecule has 0 fully saturated rings. The van der Waals surface area contributed by atoms with Crippen LogP contribution in [0.3, 0.4) is 0 Å². The molecule has 32 heavy (non-hydrogen) atoms. The van der Waals surface area contributed by atoms with Crippen molar-refractivity contribution in [1.82, 2.24) is 9.97 Å². The van der Waals surface area contributed by atoms with E-state index in [-0.39, 0.29) is 0 Å². The highest BCUT2D eigenvalue weighted by molar-refractivity contribution is 7.09. The van der Waals surface area contributed by atoms with Gasteiger partial charge in [0, 0.05) is 36.2 Å². The average Bonchev–Trinajstić information content (AvgIpc) is 3.47. The first-order chi connectivity index (χ1) is 15.6. The number of pyridine rings is 1.